The summed E-state index contributed by atoms with van der Waals surface area (Å²) in [5.74, 6) is 0.722. The molecule has 1 aromatic heterocycles. The third-order valence-electron chi connectivity index (χ3n) is 0.685. The van der Waals surface area contributed by atoms with Crippen LogP contribution in [0, 0.1) is 0 Å². The fourth-order valence-corrected chi connectivity index (χ4v) is 0.343. The van der Waals surface area contributed by atoms with E-state index in [0.29, 0.717) is 6.54 Å². The van der Waals surface area contributed by atoms with Crippen LogP contribution in [0.5, 0.6) is 0 Å². The third-order valence-corrected chi connectivity index (χ3v) is 0.685. The highest BCUT2D eigenvalue weighted by atomic mass is 16.3. The van der Waals surface area contributed by atoms with Gasteiger partial charge in [-0.1, -0.05) is 0 Å². The molecule has 3 nitrogen and oxygen atoms in total. The molecule has 0 amide bonds. The molecule has 0 aromatic carbocycles. The predicted molar refractivity (Wildman–Crippen MR) is 24.4 cm³/mol. The lowest BCUT2D eigenvalue weighted by atomic mass is 10.5. The predicted octanol–water partition coefficient (Wildman–Crippen LogP) is 0.133. The lowest BCUT2D eigenvalue weighted by molar-refractivity contribution is 0.506. The average molecular weight is 98.1 g/mol. The fraction of sp³-hybridized carbons (Fsp3) is 0.250. The van der Waals surface area contributed by atoms with E-state index in [9.17, 15) is 0 Å². The van der Waals surface area contributed by atoms with Gasteiger partial charge in [0.05, 0.1) is 12.7 Å². The van der Waals surface area contributed by atoms with Crippen LogP contribution in [0.15, 0.2) is 17.0 Å². The van der Waals surface area contributed by atoms with Crippen molar-refractivity contribution in [3.8, 4) is 0 Å². The van der Waals surface area contributed by atoms with Gasteiger partial charge in [-0.25, -0.2) is 4.98 Å². The maximum atomic E-state index is 5.16. The highest BCUT2D eigenvalue weighted by molar-refractivity contribution is 4.85. The van der Waals surface area contributed by atoms with Crippen molar-refractivity contribution in [3.05, 3.63) is 18.4 Å². The Kier molecular flexibility index (Phi) is 1.08. The molecule has 0 saturated heterocycles. The molecule has 7 heavy (non-hydrogen) atoms. The Morgan fingerprint density at radius 1 is 1.86 bits per heavy atom. The first-order chi connectivity index (χ1) is 3.43. The van der Waals surface area contributed by atoms with E-state index >= 15 is 0 Å². The van der Waals surface area contributed by atoms with Crippen molar-refractivity contribution in [2.45, 2.75) is 6.54 Å². The molecule has 0 aliphatic rings. The lowest BCUT2D eigenvalue weighted by Crippen LogP contribution is -1.92. The molecule has 0 radical (unpaired) electrons. The largest absolute Gasteiger partial charge is 0.447 e. The van der Waals surface area contributed by atoms with E-state index in [1.807, 2.05) is 0 Å². The number of nitrogens with two attached hydrogens (primary N) is 1. The summed E-state index contributed by atoms with van der Waals surface area (Å²) in [5.41, 5.74) is 5.16. The molecule has 0 bridgehead atoms. The maximum absolute atomic E-state index is 5.16. The first kappa shape index (κ1) is 4.33. The minimum Gasteiger partial charge on any atom is -0.447 e. The third kappa shape index (κ3) is 0.778. The molecular formula is C4H6N2O. The molecule has 3 heteroatoms. The lowest BCUT2D eigenvalue weighted by Gasteiger charge is -1.78. The van der Waals surface area contributed by atoms with E-state index in [0.717, 1.165) is 5.76 Å². The molecular weight excluding hydrogens is 92.1 g/mol. The summed E-state index contributed by atoms with van der Waals surface area (Å²) in [6, 6.07) is 0. The monoisotopic (exact) mass is 98.0 g/mol. The maximum Gasteiger partial charge on any atom is 0.180 e. The second-order valence-corrected chi connectivity index (χ2v) is 1.17. The number of nitrogens with zero attached hydrogens (tertiary/aromatic N) is 1. The average Bonchev–Trinajstić information content (AvgIpc) is 2.14. The Hall–Kier alpha value is -0.830. The van der Waals surface area contributed by atoms with Gasteiger partial charge in [0, 0.05) is 0 Å². The van der Waals surface area contributed by atoms with Crippen LogP contribution < -0.4 is 5.73 Å². The van der Waals surface area contributed by atoms with E-state index < -0.39 is 0 Å². The van der Waals surface area contributed by atoms with Crippen LogP contribution in [0.1, 0.15) is 5.76 Å². The molecule has 1 heterocycles. The molecule has 1 rings (SSSR count). The van der Waals surface area contributed by atoms with Gasteiger partial charge in [-0.15, -0.1) is 0 Å². The molecule has 0 aliphatic carbocycles. The van der Waals surface area contributed by atoms with Crippen molar-refractivity contribution in [1.82, 2.24) is 4.98 Å². The molecule has 0 atom stereocenters. The van der Waals surface area contributed by atoms with Crippen LogP contribution >= 0.6 is 0 Å². The van der Waals surface area contributed by atoms with Gasteiger partial charge in [-0.3, -0.25) is 0 Å². The standard InChI is InChI=1S/C4H6N2O/c5-1-4-2-6-3-7-4/h2-3H,1,5H2. The SMILES string of the molecule is NCc1cnco1. The van der Waals surface area contributed by atoms with Crippen LogP contribution in [-0.4, -0.2) is 4.98 Å². The normalized spacial score (nSPS) is 9.29. The first-order valence-electron chi connectivity index (χ1n) is 2.01. The highest BCUT2D eigenvalue weighted by Crippen LogP contribution is 1.91. The van der Waals surface area contributed by atoms with Crippen LogP contribution in [0.25, 0.3) is 0 Å². The van der Waals surface area contributed by atoms with Crippen molar-refractivity contribution < 1.29 is 4.42 Å². The quantitative estimate of drug-likeness (QED) is 0.543. The van der Waals surface area contributed by atoms with Crippen molar-refractivity contribution >= 4 is 0 Å². The molecule has 1 aromatic rings. The highest BCUT2D eigenvalue weighted by Gasteiger charge is 1.86. The van der Waals surface area contributed by atoms with Gasteiger partial charge in [0.25, 0.3) is 0 Å². The van der Waals surface area contributed by atoms with E-state index in [1.165, 1.54) is 6.39 Å². The summed E-state index contributed by atoms with van der Waals surface area (Å²) in [6.07, 6.45) is 2.96. The first-order valence-corrected chi connectivity index (χ1v) is 2.01. The number of hydrogen-bond donors (Lipinski definition) is 1. The Balaban J connectivity index is 2.76. The molecule has 0 fully saturated rings. The topological polar surface area (TPSA) is 52.0 Å². The van der Waals surface area contributed by atoms with E-state index in [4.69, 9.17) is 10.2 Å². The van der Waals surface area contributed by atoms with Gasteiger partial charge in [-0.05, 0) is 0 Å². The zero-order valence-corrected chi connectivity index (χ0v) is 3.79. The van der Waals surface area contributed by atoms with Crippen LogP contribution in [0.4, 0.5) is 0 Å². The Bertz CT molecular complexity index is 124. The molecule has 0 saturated carbocycles. The van der Waals surface area contributed by atoms with Crippen molar-refractivity contribution in [3.63, 3.8) is 0 Å². The van der Waals surface area contributed by atoms with Crippen LogP contribution in [-0.2, 0) is 6.54 Å². The molecule has 0 spiro atoms. The number of aromatic nitrogens is 1. The fourth-order valence-electron chi connectivity index (χ4n) is 0.343. The number of rotatable bonds is 1. The van der Waals surface area contributed by atoms with E-state index in [1.54, 1.807) is 6.20 Å². The molecule has 0 unspecified atom stereocenters. The second kappa shape index (κ2) is 1.75. The zero-order valence-electron chi connectivity index (χ0n) is 3.79. The van der Waals surface area contributed by atoms with Crippen molar-refractivity contribution in [2.75, 3.05) is 0 Å². The van der Waals surface area contributed by atoms with Crippen molar-refractivity contribution in [1.29, 1.82) is 0 Å². The van der Waals surface area contributed by atoms with Crippen molar-refractivity contribution in [2.24, 2.45) is 5.73 Å². The molecule has 0 aliphatic heterocycles. The Morgan fingerprint density at radius 2 is 2.71 bits per heavy atom. The number of hydrogen-bond acceptors (Lipinski definition) is 3. The summed E-state index contributed by atoms with van der Waals surface area (Å²) in [4.78, 5) is 3.65. The minimum absolute atomic E-state index is 0.431. The van der Waals surface area contributed by atoms with Gasteiger partial charge >= 0.3 is 0 Å². The summed E-state index contributed by atoms with van der Waals surface area (Å²) < 4.78 is 4.75. The minimum atomic E-state index is 0.431. The van der Waals surface area contributed by atoms with E-state index in [-0.39, 0.29) is 0 Å². The molecule has 38 valence electrons. The summed E-state index contributed by atoms with van der Waals surface area (Å²) >= 11 is 0. The van der Waals surface area contributed by atoms with Gasteiger partial charge in [-0.2, -0.15) is 0 Å². The Morgan fingerprint density at radius 3 is 3.00 bits per heavy atom. The Labute approximate surface area is 41.2 Å². The summed E-state index contributed by atoms with van der Waals surface area (Å²) in [5, 5.41) is 0. The summed E-state index contributed by atoms with van der Waals surface area (Å²) in [7, 11) is 0. The number of oxazole rings is 1. The molecule has 2 N–H and O–H groups in total. The van der Waals surface area contributed by atoms with Crippen LogP contribution in [0.3, 0.4) is 0 Å². The zero-order chi connectivity index (χ0) is 5.11. The van der Waals surface area contributed by atoms with Gasteiger partial charge in [0.2, 0.25) is 0 Å². The van der Waals surface area contributed by atoms with Gasteiger partial charge in [0.1, 0.15) is 5.76 Å². The van der Waals surface area contributed by atoms with E-state index in [2.05, 4.69) is 4.98 Å². The van der Waals surface area contributed by atoms with Gasteiger partial charge in [0.15, 0.2) is 6.39 Å². The second-order valence-electron chi connectivity index (χ2n) is 1.17. The summed E-state index contributed by atoms with van der Waals surface area (Å²) in [6.45, 7) is 0.431. The van der Waals surface area contributed by atoms with Crippen LogP contribution in [0.2, 0.25) is 0 Å². The van der Waals surface area contributed by atoms with Gasteiger partial charge < -0.3 is 10.2 Å². The smallest absolute Gasteiger partial charge is 0.180 e.